The van der Waals surface area contributed by atoms with Crippen LogP contribution in [0.5, 0.6) is 0 Å². The Morgan fingerprint density at radius 2 is 2.00 bits per heavy atom. The average molecular weight is 304 g/mol. The summed E-state index contributed by atoms with van der Waals surface area (Å²) in [6.45, 7) is 5.79. The van der Waals surface area contributed by atoms with Gasteiger partial charge in [0.05, 0.1) is 5.69 Å². The van der Waals surface area contributed by atoms with Crippen molar-refractivity contribution in [1.82, 2.24) is 10.3 Å². The third-order valence-electron chi connectivity index (χ3n) is 3.28. The zero-order chi connectivity index (χ0) is 15.1. The van der Waals surface area contributed by atoms with Crippen molar-refractivity contribution in [2.75, 3.05) is 13.7 Å². The van der Waals surface area contributed by atoms with Gasteiger partial charge in [0.15, 0.2) is 0 Å². The van der Waals surface area contributed by atoms with Gasteiger partial charge in [-0.05, 0) is 26.0 Å². The average Bonchev–Trinajstić information content (AvgIpc) is 2.89. The van der Waals surface area contributed by atoms with Crippen molar-refractivity contribution >= 4 is 11.3 Å². The molecule has 1 aromatic heterocycles. The molecular formula is C17H24N2OS. The van der Waals surface area contributed by atoms with Gasteiger partial charge in [0.1, 0.15) is 11.1 Å². The molecule has 0 fully saturated rings. The van der Waals surface area contributed by atoms with E-state index in [1.165, 1.54) is 16.1 Å². The van der Waals surface area contributed by atoms with Gasteiger partial charge in [-0.25, -0.2) is 4.98 Å². The fraction of sp³-hybridized carbons (Fsp3) is 0.471. The lowest BCUT2D eigenvalue weighted by atomic mass is 10.1. The van der Waals surface area contributed by atoms with Crippen molar-refractivity contribution in [3.05, 3.63) is 51.5 Å². The van der Waals surface area contributed by atoms with Crippen molar-refractivity contribution in [2.45, 2.75) is 39.3 Å². The molecule has 0 amide bonds. The molecule has 114 valence electrons. The first-order valence-corrected chi connectivity index (χ1v) is 8.41. The summed E-state index contributed by atoms with van der Waals surface area (Å²) in [5.74, 6) is 0. The number of benzene rings is 1. The Balaban J connectivity index is 2.34. The molecule has 1 unspecified atom stereocenters. The van der Waals surface area contributed by atoms with E-state index in [4.69, 9.17) is 9.72 Å². The van der Waals surface area contributed by atoms with Crippen LogP contribution in [0.25, 0.3) is 0 Å². The zero-order valence-corrected chi connectivity index (χ0v) is 13.9. The number of aryl methyl sites for hydroxylation is 1. The summed E-state index contributed by atoms with van der Waals surface area (Å²) in [6, 6.07) is 10.4. The molecule has 2 aromatic rings. The lowest BCUT2D eigenvalue weighted by molar-refractivity contribution is 0.0910. The van der Waals surface area contributed by atoms with Gasteiger partial charge in [-0.1, -0.05) is 43.7 Å². The highest BCUT2D eigenvalue weighted by atomic mass is 32.1. The number of hydrogen-bond acceptors (Lipinski definition) is 4. The molecule has 4 heteroatoms. The second kappa shape index (κ2) is 8.27. The lowest BCUT2D eigenvalue weighted by Crippen LogP contribution is -2.06. The highest BCUT2D eigenvalue weighted by Gasteiger charge is 2.20. The van der Waals surface area contributed by atoms with E-state index in [2.05, 4.69) is 36.5 Å². The van der Waals surface area contributed by atoms with Crippen LogP contribution < -0.4 is 5.32 Å². The minimum atomic E-state index is -0.0533. The Labute approximate surface area is 131 Å². The van der Waals surface area contributed by atoms with Gasteiger partial charge in [-0.2, -0.15) is 0 Å². The minimum Gasteiger partial charge on any atom is -0.367 e. The molecule has 0 saturated heterocycles. The molecule has 21 heavy (non-hydrogen) atoms. The molecule has 1 aromatic carbocycles. The quantitative estimate of drug-likeness (QED) is 0.802. The van der Waals surface area contributed by atoms with E-state index in [1.807, 2.05) is 20.0 Å². The van der Waals surface area contributed by atoms with Gasteiger partial charge >= 0.3 is 0 Å². The molecule has 3 nitrogen and oxygen atoms in total. The van der Waals surface area contributed by atoms with Crippen LogP contribution in [-0.2, 0) is 17.7 Å². The molecular weight excluding hydrogens is 280 g/mol. The zero-order valence-electron chi connectivity index (χ0n) is 13.1. The Morgan fingerprint density at radius 1 is 1.24 bits per heavy atom. The highest BCUT2D eigenvalue weighted by Crippen LogP contribution is 2.31. The van der Waals surface area contributed by atoms with Crippen molar-refractivity contribution in [1.29, 1.82) is 0 Å². The Hall–Kier alpha value is -1.23. The standard InChI is InChI=1S/C17H24N2OS/c1-4-9-14-15(12-18-3)21-17(19-14)16(20-5-2)13-10-7-6-8-11-13/h6-8,10-11,16,18H,4-5,9,12H2,1-3H3. The summed E-state index contributed by atoms with van der Waals surface area (Å²) in [6.07, 6.45) is 2.09. The Bertz CT molecular complexity index is 515. The molecule has 0 saturated carbocycles. The van der Waals surface area contributed by atoms with Crippen LogP contribution in [0.2, 0.25) is 0 Å². The normalized spacial score (nSPS) is 12.5. The van der Waals surface area contributed by atoms with E-state index in [1.54, 1.807) is 11.3 Å². The fourth-order valence-electron chi connectivity index (χ4n) is 2.35. The topological polar surface area (TPSA) is 34.1 Å². The molecule has 0 radical (unpaired) electrons. The van der Waals surface area contributed by atoms with Crippen molar-refractivity contribution in [3.63, 3.8) is 0 Å². The number of aromatic nitrogens is 1. The molecule has 2 rings (SSSR count). The van der Waals surface area contributed by atoms with Crippen molar-refractivity contribution in [3.8, 4) is 0 Å². The largest absolute Gasteiger partial charge is 0.367 e. The number of rotatable bonds is 8. The van der Waals surface area contributed by atoms with Crippen LogP contribution >= 0.6 is 11.3 Å². The van der Waals surface area contributed by atoms with Crippen LogP contribution in [0, 0.1) is 0 Å². The van der Waals surface area contributed by atoms with Gasteiger partial charge in [-0.3, -0.25) is 0 Å². The van der Waals surface area contributed by atoms with E-state index in [0.29, 0.717) is 6.61 Å². The van der Waals surface area contributed by atoms with E-state index in [0.717, 1.165) is 24.4 Å². The molecule has 1 N–H and O–H groups in total. The molecule has 0 aliphatic heterocycles. The molecule has 0 bridgehead atoms. The highest BCUT2D eigenvalue weighted by molar-refractivity contribution is 7.11. The SMILES string of the molecule is CCCc1nc(C(OCC)c2ccccc2)sc1CNC. The Morgan fingerprint density at radius 3 is 2.62 bits per heavy atom. The monoisotopic (exact) mass is 304 g/mol. The molecule has 0 spiro atoms. The van der Waals surface area contributed by atoms with Gasteiger partial charge in [0.25, 0.3) is 0 Å². The molecule has 0 aliphatic rings. The van der Waals surface area contributed by atoms with Crippen LogP contribution in [0.4, 0.5) is 0 Å². The van der Waals surface area contributed by atoms with E-state index < -0.39 is 0 Å². The van der Waals surface area contributed by atoms with E-state index >= 15 is 0 Å². The lowest BCUT2D eigenvalue weighted by Gasteiger charge is -2.14. The first-order chi connectivity index (χ1) is 10.3. The van der Waals surface area contributed by atoms with Crippen LogP contribution in [0.3, 0.4) is 0 Å². The first kappa shape index (κ1) is 16.1. The number of nitrogens with one attached hydrogen (secondary N) is 1. The van der Waals surface area contributed by atoms with Crippen LogP contribution in [0.15, 0.2) is 30.3 Å². The molecule has 1 atom stereocenters. The Kier molecular flexibility index (Phi) is 6.36. The number of thiazole rings is 1. The third kappa shape index (κ3) is 4.13. The summed E-state index contributed by atoms with van der Waals surface area (Å²) < 4.78 is 5.97. The predicted molar refractivity (Wildman–Crippen MR) is 88.8 cm³/mol. The summed E-state index contributed by atoms with van der Waals surface area (Å²) in [7, 11) is 1.98. The van der Waals surface area contributed by atoms with Gasteiger partial charge < -0.3 is 10.1 Å². The third-order valence-corrected chi connectivity index (χ3v) is 4.42. The maximum atomic E-state index is 5.97. The number of ether oxygens (including phenoxy) is 1. The first-order valence-electron chi connectivity index (χ1n) is 7.59. The summed E-state index contributed by atoms with van der Waals surface area (Å²) >= 11 is 1.77. The number of nitrogens with zero attached hydrogens (tertiary/aromatic N) is 1. The second-order valence-corrected chi connectivity index (χ2v) is 6.06. The summed E-state index contributed by atoms with van der Waals surface area (Å²) in [4.78, 5) is 6.20. The smallest absolute Gasteiger partial charge is 0.134 e. The fourth-order valence-corrected chi connectivity index (χ4v) is 3.55. The number of hydrogen-bond donors (Lipinski definition) is 1. The summed E-state index contributed by atoms with van der Waals surface area (Å²) in [5.41, 5.74) is 2.39. The van der Waals surface area contributed by atoms with Gasteiger partial charge in [0.2, 0.25) is 0 Å². The van der Waals surface area contributed by atoms with Gasteiger partial charge in [-0.15, -0.1) is 11.3 Å². The van der Waals surface area contributed by atoms with E-state index in [9.17, 15) is 0 Å². The predicted octanol–water partition coefficient (Wildman–Crippen LogP) is 3.94. The van der Waals surface area contributed by atoms with Crippen molar-refractivity contribution in [2.24, 2.45) is 0 Å². The maximum absolute atomic E-state index is 5.97. The van der Waals surface area contributed by atoms with Gasteiger partial charge in [0, 0.05) is 18.0 Å². The van der Waals surface area contributed by atoms with E-state index in [-0.39, 0.29) is 6.10 Å². The van der Waals surface area contributed by atoms with Crippen LogP contribution in [-0.4, -0.2) is 18.6 Å². The van der Waals surface area contributed by atoms with Crippen molar-refractivity contribution < 1.29 is 4.74 Å². The van der Waals surface area contributed by atoms with Crippen LogP contribution in [0.1, 0.15) is 47.5 Å². The summed E-state index contributed by atoms with van der Waals surface area (Å²) in [5, 5.41) is 4.30. The molecule has 1 heterocycles. The molecule has 0 aliphatic carbocycles. The minimum absolute atomic E-state index is 0.0533. The maximum Gasteiger partial charge on any atom is 0.134 e. The second-order valence-electron chi connectivity index (χ2n) is 4.95.